The number of ether oxygens (including phenoxy) is 1. The van der Waals surface area contributed by atoms with Crippen LogP contribution in [-0.2, 0) is 9.53 Å². The standard InChI is InChI=1S/C12H21NO2S/c1-3-6-13(7-8-15-2)11(14)9-12(10-16)4-5-12/h3,16H,1,4-10H2,2H3. The van der Waals surface area contributed by atoms with Gasteiger partial charge in [-0.1, -0.05) is 6.08 Å². The Bertz CT molecular complexity index is 251. The van der Waals surface area contributed by atoms with Crippen LogP contribution in [0.3, 0.4) is 0 Å². The topological polar surface area (TPSA) is 29.5 Å². The molecule has 0 aliphatic heterocycles. The molecule has 0 atom stereocenters. The van der Waals surface area contributed by atoms with E-state index in [0.717, 1.165) is 18.6 Å². The van der Waals surface area contributed by atoms with Crippen LogP contribution in [0.1, 0.15) is 19.3 Å². The predicted molar refractivity (Wildman–Crippen MR) is 68.8 cm³/mol. The lowest BCUT2D eigenvalue weighted by molar-refractivity contribution is -0.132. The van der Waals surface area contributed by atoms with Gasteiger partial charge in [-0.2, -0.15) is 12.6 Å². The number of hydrogen-bond acceptors (Lipinski definition) is 3. The van der Waals surface area contributed by atoms with Gasteiger partial charge in [0.25, 0.3) is 0 Å². The molecular weight excluding hydrogens is 222 g/mol. The van der Waals surface area contributed by atoms with Gasteiger partial charge >= 0.3 is 0 Å². The first-order valence-corrected chi connectivity index (χ1v) is 6.29. The molecule has 0 bridgehead atoms. The Labute approximate surface area is 103 Å². The van der Waals surface area contributed by atoms with E-state index >= 15 is 0 Å². The number of nitrogens with zero attached hydrogens (tertiary/aromatic N) is 1. The number of thiol groups is 1. The summed E-state index contributed by atoms with van der Waals surface area (Å²) in [5.41, 5.74) is 0.187. The molecule has 0 saturated heterocycles. The van der Waals surface area contributed by atoms with Crippen LogP contribution in [0.2, 0.25) is 0 Å². The van der Waals surface area contributed by atoms with Crippen LogP contribution in [-0.4, -0.2) is 43.4 Å². The molecule has 0 heterocycles. The van der Waals surface area contributed by atoms with E-state index in [-0.39, 0.29) is 11.3 Å². The van der Waals surface area contributed by atoms with E-state index in [1.807, 2.05) is 0 Å². The molecule has 4 heteroatoms. The van der Waals surface area contributed by atoms with Crippen molar-refractivity contribution in [1.82, 2.24) is 4.90 Å². The molecule has 0 aromatic heterocycles. The Hall–Kier alpha value is -0.480. The average molecular weight is 243 g/mol. The molecule has 1 amide bonds. The molecule has 0 radical (unpaired) electrons. The largest absolute Gasteiger partial charge is 0.383 e. The molecule has 1 fully saturated rings. The van der Waals surface area contributed by atoms with Crippen LogP contribution in [0.5, 0.6) is 0 Å². The molecule has 1 aliphatic carbocycles. The molecule has 0 spiro atoms. The zero-order chi connectivity index (χ0) is 12.0. The molecule has 0 unspecified atom stereocenters. The van der Waals surface area contributed by atoms with E-state index in [1.54, 1.807) is 18.1 Å². The number of carbonyl (C=O) groups is 1. The predicted octanol–water partition coefficient (Wildman–Crippen LogP) is 1.75. The molecule has 92 valence electrons. The Balaban J connectivity index is 2.43. The van der Waals surface area contributed by atoms with Crippen LogP contribution in [0.4, 0.5) is 0 Å². The summed E-state index contributed by atoms with van der Waals surface area (Å²) in [5.74, 6) is 1.01. The molecule has 0 N–H and O–H groups in total. The summed E-state index contributed by atoms with van der Waals surface area (Å²) in [6.45, 7) is 5.50. The smallest absolute Gasteiger partial charge is 0.223 e. The van der Waals surface area contributed by atoms with Gasteiger partial charge in [0.2, 0.25) is 5.91 Å². The van der Waals surface area contributed by atoms with Crippen LogP contribution < -0.4 is 0 Å². The van der Waals surface area contributed by atoms with E-state index in [9.17, 15) is 4.79 Å². The fourth-order valence-electron chi connectivity index (χ4n) is 1.68. The first kappa shape index (κ1) is 13.6. The minimum Gasteiger partial charge on any atom is -0.383 e. The maximum absolute atomic E-state index is 12.0. The number of amides is 1. The van der Waals surface area contributed by atoms with Gasteiger partial charge in [-0.3, -0.25) is 4.79 Å². The van der Waals surface area contributed by atoms with Crippen molar-refractivity contribution in [3.8, 4) is 0 Å². The van der Waals surface area contributed by atoms with Crippen molar-refractivity contribution in [3.05, 3.63) is 12.7 Å². The fourth-order valence-corrected chi connectivity index (χ4v) is 2.10. The number of hydrogen-bond donors (Lipinski definition) is 1. The third-order valence-electron chi connectivity index (χ3n) is 3.09. The summed E-state index contributed by atoms with van der Waals surface area (Å²) in [7, 11) is 1.65. The first-order chi connectivity index (χ1) is 7.67. The summed E-state index contributed by atoms with van der Waals surface area (Å²) < 4.78 is 5.00. The van der Waals surface area contributed by atoms with Crippen LogP contribution in [0, 0.1) is 5.41 Å². The van der Waals surface area contributed by atoms with Crippen molar-refractivity contribution in [2.75, 3.05) is 32.6 Å². The second-order valence-corrected chi connectivity index (χ2v) is 4.77. The van der Waals surface area contributed by atoms with Crippen molar-refractivity contribution in [2.24, 2.45) is 5.41 Å². The summed E-state index contributed by atoms with van der Waals surface area (Å²) in [5, 5.41) is 0. The monoisotopic (exact) mass is 243 g/mol. The Morgan fingerprint density at radius 2 is 2.31 bits per heavy atom. The summed E-state index contributed by atoms with van der Waals surface area (Å²) in [4.78, 5) is 13.8. The van der Waals surface area contributed by atoms with Gasteiger partial charge in [0.1, 0.15) is 0 Å². The van der Waals surface area contributed by atoms with Crippen molar-refractivity contribution < 1.29 is 9.53 Å². The van der Waals surface area contributed by atoms with Crippen molar-refractivity contribution in [3.63, 3.8) is 0 Å². The van der Waals surface area contributed by atoms with Gasteiger partial charge in [-0.25, -0.2) is 0 Å². The summed E-state index contributed by atoms with van der Waals surface area (Å²) >= 11 is 4.31. The zero-order valence-corrected chi connectivity index (χ0v) is 10.8. The number of carbonyl (C=O) groups excluding carboxylic acids is 1. The highest BCUT2D eigenvalue weighted by Gasteiger charge is 2.43. The molecular formula is C12H21NO2S. The van der Waals surface area contributed by atoms with E-state index in [4.69, 9.17) is 4.74 Å². The Morgan fingerprint density at radius 1 is 1.62 bits per heavy atom. The highest BCUT2D eigenvalue weighted by atomic mass is 32.1. The quantitative estimate of drug-likeness (QED) is 0.520. The summed E-state index contributed by atoms with van der Waals surface area (Å²) in [6.07, 6.45) is 4.64. The molecule has 0 aromatic rings. The van der Waals surface area contributed by atoms with Crippen molar-refractivity contribution in [1.29, 1.82) is 0 Å². The lowest BCUT2D eigenvalue weighted by atomic mass is 10.0. The Morgan fingerprint density at radius 3 is 2.75 bits per heavy atom. The lowest BCUT2D eigenvalue weighted by Crippen LogP contribution is -2.35. The SMILES string of the molecule is C=CCN(CCOC)C(=O)CC1(CS)CC1. The third kappa shape index (κ3) is 3.83. The van der Waals surface area contributed by atoms with Gasteiger partial charge in [0.05, 0.1) is 6.61 Å². The minimum absolute atomic E-state index is 0.187. The van der Waals surface area contributed by atoms with Crippen LogP contribution >= 0.6 is 12.6 Å². The van der Waals surface area contributed by atoms with Gasteiger partial charge in [0.15, 0.2) is 0 Å². The Kier molecular flexibility index (Phi) is 5.35. The highest BCUT2D eigenvalue weighted by Crippen LogP contribution is 2.49. The highest BCUT2D eigenvalue weighted by molar-refractivity contribution is 7.80. The number of rotatable bonds is 8. The minimum atomic E-state index is 0.187. The molecule has 16 heavy (non-hydrogen) atoms. The van der Waals surface area contributed by atoms with E-state index in [0.29, 0.717) is 26.1 Å². The molecule has 0 aromatic carbocycles. The van der Waals surface area contributed by atoms with Crippen LogP contribution in [0.25, 0.3) is 0 Å². The maximum atomic E-state index is 12.0. The first-order valence-electron chi connectivity index (χ1n) is 5.66. The van der Waals surface area contributed by atoms with Crippen molar-refractivity contribution in [2.45, 2.75) is 19.3 Å². The second kappa shape index (κ2) is 6.30. The molecule has 1 aliphatic rings. The lowest BCUT2D eigenvalue weighted by Gasteiger charge is -2.23. The number of methoxy groups -OCH3 is 1. The average Bonchev–Trinajstić information content (AvgIpc) is 3.04. The zero-order valence-electron chi connectivity index (χ0n) is 9.95. The van der Waals surface area contributed by atoms with E-state index in [1.165, 1.54) is 0 Å². The van der Waals surface area contributed by atoms with Gasteiger partial charge < -0.3 is 9.64 Å². The van der Waals surface area contributed by atoms with E-state index in [2.05, 4.69) is 19.2 Å². The second-order valence-electron chi connectivity index (χ2n) is 4.46. The van der Waals surface area contributed by atoms with Crippen molar-refractivity contribution >= 4 is 18.5 Å². The molecule has 1 rings (SSSR count). The third-order valence-corrected chi connectivity index (χ3v) is 3.76. The van der Waals surface area contributed by atoms with Crippen LogP contribution in [0.15, 0.2) is 12.7 Å². The normalized spacial score (nSPS) is 16.9. The van der Waals surface area contributed by atoms with Gasteiger partial charge in [0, 0.05) is 26.6 Å². The molecule has 1 saturated carbocycles. The van der Waals surface area contributed by atoms with Gasteiger partial charge in [-0.05, 0) is 24.0 Å². The molecule has 3 nitrogen and oxygen atoms in total. The fraction of sp³-hybridized carbons (Fsp3) is 0.750. The maximum Gasteiger partial charge on any atom is 0.223 e. The summed E-state index contributed by atoms with van der Waals surface area (Å²) in [6, 6.07) is 0. The van der Waals surface area contributed by atoms with Gasteiger partial charge in [-0.15, -0.1) is 6.58 Å². The van der Waals surface area contributed by atoms with E-state index < -0.39 is 0 Å².